The van der Waals surface area contributed by atoms with E-state index in [-0.39, 0.29) is 11.2 Å². The molecule has 1 amide bonds. The van der Waals surface area contributed by atoms with Crippen LogP contribution in [0.1, 0.15) is 31.9 Å². The maximum atomic E-state index is 10.7. The van der Waals surface area contributed by atoms with Crippen LogP contribution in [0.3, 0.4) is 0 Å². The fourth-order valence-corrected chi connectivity index (χ4v) is 1.51. The first kappa shape index (κ1) is 12.3. The molecule has 1 aromatic rings. The lowest BCUT2D eigenvalue weighted by atomic mass is 9.83. The topological polar surface area (TPSA) is 63.3 Å². The van der Waals surface area contributed by atoms with Crippen LogP contribution in [0.5, 0.6) is 5.75 Å². The van der Waals surface area contributed by atoms with Crippen LogP contribution in [-0.4, -0.2) is 11.0 Å². The fourth-order valence-electron chi connectivity index (χ4n) is 1.51. The summed E-state index contributed by atoms with van der Waals surface area (Å²) < 4.78 is 0. The molecule has 3 N–H and O–H groups in total. The van der Waals surface area contributed by atoms with Crippen LogP contribution in [0.25, 0.3) is 6.08 Å². The predicted molar refractivity (Wildman–Crippen MR) is 65.0 cm³/mol. The van der Waals surface area contributed by atoms with Crippen LogP contribution >= 0.6 is 0 Å². The monoisotopic (exact) mass is 219 g/mol. The molecule has 0 bridgehead atoms. The maximum Gasteiger partial charge on any atom is 0.241 e. The van der Waals surface area contributed by atoms with Gasteiger partial charge in [0.15, 0.2) is 0 Å². The standard InChI is InChI=1S/C13H17NO2/c1-13(2,3)11-8-10(15)6-4-9(11)5-7-12(14)16/h4-8,15H,1-3H3,(H2,14,16)/b7-5+. The van der Waals surface area contributed by atoms with Crippen molar-refractivity contribution in [2.45, 2.75) is 26.2 Å². The highest BCUT2D eigenvalue weighted by Gasteiger charge is 2.17. The lowest BCUT2D eigenvalue weighted by Crippen LogP contribution is -2.13. The zero-order valence-electron chi connectivity index (χ0n) is 9.82. The molecule has 3 nitrogen and oxygen atoms in total. The van der Waals surface area contributed by atoms with Gasteiger partial charge in [-0.15, -0.1) is 0 Å². The zero-order valence-corrected chi connectivity index (χ0v) is 9.82. The number of carbonyl (C=O) groups excluding carboxylic acids is 1. The molecule has 0 unspecified atom stereocenters. The van der Waals surface area contributed by atoms with Gasteiger partial charge in [0.1, 0.15) is 5.75 Å². The first-order chi connectivity index (χ1) is 7.30. The lowest BCUT2D eigenvalue weighted by Gasteiger charge is -2.21. The van der Waals surface area contributed by atoms with E-state index in [1.807, 2.05) is 20.8 Å². The summed E-state index contributed by atoms with van der Waals surface area (Å²) in [5.41, 5.74) is 6.82. The Morgan fingerprint density at radius 2 is 2.00 bits per heavy atom. The minimum Gasteiger partial charge on any atom is -0.508 e. The molecular weight excluding hydrogens is 202 g/mol. The Labute approximate surface area is 95.6 Å². The van der Waals surface area contributed by atoms with E-state index in [1.165, 1.54) is 6.08 Å². The molecule has 0 aliphatic rings. The Morgan fingerprint density at radius 3 is 2.50 bits per heavy atom. The van der Waals surface area contributed by atoms with Crippen molar-refractivity contribution >= 4 is 12.0 Å². The van der Waals surface area contributed by atoms with Gasteiger partial charge >= 0.3 is 0 Å². The molecule has 0 aliphatic carbocycles. The largest absolute Gasteiger partial charge is 0.508 e. The average molecular weight is 219 g/mol. The number of benzene rings is 1. The average Bonchev–Trinajstić information content (AvgIpc) is 2.14. The van der Waals surface area contributed by atoms with Gasteiger partial charge in [0.2, 0.25) is 5.91 Å². The molecule has 1 aromatic carbocycles. The van der Waals surface area contributed by atoms with Crippen molar-refractivity contribution in [3.63, 3.8) is 0 Å². The second kappa shape index (κ2) is 4.39. The number of hydrogen-bond donors (Lipinski definition) is 2. The summed E-state index contributed by atoms with van der Waals surface area (Å²) >= 11 is 0. The van der Waals surface area contributed by atoms with Crippen LogP contribution in [0.4, 0.5) is 0 Å². The first-order valence-corrected chi connectivity index (χ1v) is 5.12. The summed E-state index contributed by atoms with van der Waals surface area (Å²) in [6, 6.07) is 5.08. The molecule has 0 radical (unpaired) electrons. The lowest BCUT2D eigenvalue weighted by molar-refractivity contribution is -0.113. The normalized spacial score (nSPS) is 11.9. The summed E-state index contributed by atoms with van der Waals surface area (Å²) in [7, 11) is 0. The highest BCUT2D eigenvalue weighted by molar-refractivity contribution is 5.90. The van der Waals surface area contributed by atoms with E-state index >= 15 is 0 Å². The van der Waals surface area contributed by atoms with Crippen LogP contribution in [0.15, 0.2) is 24.3 Å². The van der Waals surface area contributed by atoms with Gasteiger partial charge in [0.05, 0.1) is 0 Å². The van der Waals surface area contributed by atoms with Gasteiger partial charge in [0.25, 0.3) is 0 Å². The first-order valence-electron chi connectivity index (χ1n) is 5.12. The summed E-state index contributed by atoms with van der Waals surface area (Å²) in [5.74, 6) is -0.255. The number of rotatable bonds is 2. The van der Waals surface area contributed by atoms with Crippen LogP contribution < -0.4 is 5.73 Å². The van der Waals surface area contributed by atoms with E-state index in [9.17, 15) is 9.90 Å². The van der Waals surface area contributed by atoms with E-state index in [1.54, 1.807) is 24.3 Å². The highest BCUT2D eigenvalue weighted by Crippen LogP contribution is 2.29. The van der Waals surface area contributed by atoms with E-state index in [0.717, 1.165) is 11.1 Å². The number of aromatic hydroxyl groups is 1. The molecule has 16 heavy (non-hydrogen) atoms. The minimum atomic E-state index is -0.479. The zero-order chi connectivity index (χ0) is 12.3. The van der Waals surface area contributed by atoms with Crippen LogP contribution in [0, 0.1) is 0 Å². The summed E-state index contributed by atoms with van der Waals surface area (Å²) in [5, 5.41) is 9.46. The smallest absolute Gasteiger partial charge is 0.241 e. The second-order valence-electron chi connectivity index (χ2n) is 4.76. The van der Waals surface area contributed by atoms with Crippen molar-refractivity contribution in [2.75, 3.05) is 0 Å². The molecular formula is C13H17NO2. The molecule has 1 rings (SSSR count). The molecule has 0 aliphatic heterocycles. The van der Waals surface area contributed by atoms with Crippen LogP contribution in [-0.2, 0) is 10.2 Å². The van der Waals surface area contributed by atoms with Gasteiger partial charge < -0.3 is 10.8 Å². The molecule has 0 saturated carbocycles. The molecule has 0 spiro atoms. The number of amides is 1. The maximum absolute atomic E-state index is 10.7. The van der Waals surface area contributed by atoms with E-state index in [2.05, 4.69) is 0 Å². The van der Waals surface area contributed by atoms with Gasteiger partial charge in [-0.3, -0.25) is 4.79 Å². The number of phenolic OH excluding ortho intramolecular Hbond substituents is 1. The van der Waals surface area contributed by atoms with Crippen molar-refractivity contribution in [1.29, 1.82) is 0 Å². The molecule has 0 aromatic heterocycles. The van der Waals surface area contributed by atoms with E-state index in [0.29, 0.717) is 0 Å². The van der Waals surface area contributed by atoms with E-state index < -0.39 is 5.91 Å². The number of phenols is 1. The highest BCUT2D eigenvalue weighted by atomic mass is 16.3. The quantitative estimate of drug-likeness (QED) is 0.749. The number of nitrogens with two attached hydrogens (primary N) is 1. The predicted octanol–water partition coefficient (Wildman–Crippen LogP) is 2.19. The van der Waals surface area contributed by atoms with Crippen molar-refractivity contribution in [1.82, 2.24) is 0 Å². The second-order valence-corrected chi connectivity index (χ2v) is 4.76. The van der Waals surface area contributed by atoms with Crippen molar-refractivity contribution in [3.8, 4) is 5.75 Å². The molecule has 0 atom stereocenters. The SMILES string of the molecule is CC(C)(C)c1cc(O)ccc1/C=C/C(N)=O. The molecule has 86 valence electrons. The fraction of sp³-hybridized carbons (Fsp3) is 0.308. The van der Waals surface area contributed by atoms with Crippen molar-refractivity contribution in [2.24, 2.45) is 5.73 Å². The van der Waals surface area contributed by atoms with E-state index in [4.69, 9.17) is 5.73 Å². The Bertz CT molecular complexity index is 428. The summed E-state index contributed by atoms with van der Waals surface area (Å²) in [4.78, 5) is 10.7. The Balaban J connectivity index is 3.23. The number of carbonyl (C=O) groups is 1. The Morgan fingerprint density at radius 1 is 1.38 bits per heavy atom. The Hall–Kier alpha value is -1.77. The third kappa shape index (κ3) is 3.12. The number of primary amides is 1. The van der Waals surface area contributed by atoms with Gasteiger partial charge in [-0.05, 0) is 34.8 Å². The summed E-state index contributed by atoms with van der Waals surface area (Å²) in [6.45, 7) is 6.14. The Kier molecular flexibility index (Phi) is 3.38. The third-order valence-corrected chi connectivity index (χ3v) is 2.27. The molecule has 0 saturated heterocycles. The van der Waals surface area contributed by atoms with Crippen molar-refractivity contribution in [3.05, 3.63) is 35.4 Å². The van der Waals surface area contributed by atoms with Crippen LogP contribution in [0.2, 0.25) is 0 Å². The third-order valence-electron chi connectivity index (χ3n) is 2.27. The number of hydrogen-bond acceptors (Lipinski definition) is 2. The van der Waals surface area contributed by atoms with Gasteiger partial charge in [0, 0.05) is 6.08 Å². The minimum absolute atomic E-state index is 0.101. The molecule has 0 fully saturated rings. The summed E-state index contributed by atoms with van der Waals surface area (Å²) in [6.07, 6.45) is 2.99. The molecule has 0 heterocycles. The van der Waals surface area contributed by atoms with Gasteiger partial charge in [-0.2, -0.15) is 0 Å². The van der Waals surface area contributed by atoms with Gasteiger partial charge in [-0.1, -0.05) is 26.8 Å². The van der Waals surface area contributed by atoms with Crippen molar-refractivity contribution < 1.29 is 9.90 Å². The molecule has 3 heteroatoms. The van der Waals surface area contributed by atoms with Gasteiger partial charge in [-0.25, -0.2) is 0 Å².